The number of nitrogens with zero attached hydrogens (tertiary/aromatic N) is 1. The van der Waals surface area contributed by atoms with Crippen LogP contribution in [0, 0.1) is 0 Å². The molecule has 0 aliphatic carbocycles. The second-order valence-corrected chi connectivity index (χ2v) is 6.30. The summed E-state index contributed by atoms with van der Waals surface area (Å²) in [6.07, 6.45) is 0.636. The summed E-state index contributed by atoms with van der Waals surface area (Å²) in [5.41, 5.74) is 7.66. The Labute approximate surface area is 110 Å². The number of benzene rings is 1. The lowest BCUT2D eigenvalue weighted by Crippen LogP contribution is -2.32. The van der Waals surface area contributed by atoms with Gasteiger partial charge in [0.25, 0.3) is 0 Å². The quantitative estimate of drug-likeness (QED) is 0.820. The van der Waals surface area contributed by atoms with Crippen LogP contribution >= 0.6 is 0 Å². The van der Waals surface area contributed by atoms with Crippen molar-refractivity contribution >= 4 is 10.0 Å². The monoisotopic (exact) mass is 270 g/mol. The highest BCUT2D eigenvalue weighted by Gasteiger charge is 2.20. The van der Waals surface area contributed by atoms with E-state index in [1.54, 1.807) is 0 Å². The van der Waals surface area contributed by atoms with Gasteiger partial charge in [-0.15, -0.1) is 0 Å². The van der Waals surface area contributed by atoms with E-state index in [0.717, 1.165) is 11.1 Å². The molecule has 1 aromatic carbocycles. The zero-order valence-corrected chi connectivity index (χ0v) is 11.9. The maximum absolute atomic E-state index is 12.1. The van der Waals surface area contributed by atoms with Crippen LogP contribution in [0.3, 0.4) is 0 Å². The molecular formula is C13H22N2O2S. The van der Waals surface area contributed by atoms with Gasteiger partial charge in [0.15, 0.2) is 0 Å². The lowest BCUT2D eigenvalue weighted by Gasteiger charge is -2.21. The molecule has 0 fully saturated rings. The molecular weight excluding hydrogens is 248 g/mol. The third-order valence-corrected chi connectivity index (χ3v) is 4.99. The van der Waals surface area contributed by atoms with Crippen molar-refractivity contribution in [1.29, 1.82) is 0 Å². The average Bonchev–Trinajstić information content (AvgIpc) is 2.36. The topological polar surface area (TPSA) is 63.4 Å². The van der Waals surface area contributed by atoms with Crippen molar-refractivity contribution in [3.8, 4) is 0 Å². The summed E-state index contributed by atoms with van der Waals surface area (Å²) in [4.78, 5) is 0. The summed E-state index contributed by atoms with van der Waals surface area (Å²) >= 11 is 0. The van der Waals surface area contributed by atoms with Gasteiger partial charge in [-0.2, -0.15) is 4.31 Å². The Bertz CT molecular complexity index is 472. The van der Waals surface area contributed by atoms with Crippen LogP contribution < -0.4 is 5.73 Å². The van der Waals surface area contributed by atoms with Gasteiger partial charge in [-0.1, -0.05) is 38.1 Å². The lowest BCUT2D eigenvalue weighted by molar-refractivity contribution is 0.422. The molecule has 1 aromatic rings. The van der Waals surface area contributed by atoms with Gasteiger partial charge in [-0.05, 0) is 17.5 Å². The Morgan fingerprint density at radius 2 is 1.78 bits per heavy atom. The minimum Gasteiger partial charge on any atom is -0.326 e. The Morgan fingerprint density at radius 1 is 1.17 bits per heavy atom. The lowest BCUT2D eigenvalue weighted by atomic mass is 10.1. The van der Waals surface area contributed by atoms with Gasteiger partial charge in [-0.3, -0.25) is 0 Å². The van der Waals surface area contributed by atoms with Crippen LogP contribution in [0.25, 0.3) is 0 Å². The molecule has 0 unspecified atom stereocenters. The van der Waals surface area contributed by atoms with E-state index in [4.69, 9.17) is 5.73 Å². The third kappa shape index (κ3) is 3.80. The first-order valence-electron chi connectivity index (χ1n) is 6.29. The molecule has 0 heterocycles. The first-order chi connectivity index (χ1) is 8.55. The molecule has 2 N–H and O–H groups in total. The zero-order chi connectivity index (χ0) is 13.6. The van der Waals surface area contributed by atoms with Crippen molar-refractivity contribution in [1.82, 2.24) is 4.31 Å². The molecule has 0 aromatic heterocycles. The van der Waals surface area contributed by atoms with Gasteiger partial charge < -0.3 is 5.73 Å². The Kier molecular flexibility index (Phi) is 5.78. The minimum absolute atomic E-state index is 0.200. The van der Waals surface area contributed by atoms with Gasteiger partial charge in [0.2, 0.25) is 10.0 Å². The molecule has 0 atom stereocenters. The smallest absolute Gasteiger partial charge is 0.214 e. The van der Waals surface area contributed by atoms with Crippen LogP contribution in [0.4, 0.5) is 0 Å². The third-order valence-electron chi connectivity index (χ3n) is 2.89. The van der Waals surface area contributed by atoms with Gasteiger partial charge >= 0.3 is 0 Å². The number of rotatable bonds is 7. The molecule has 0 saturated carbocycles. The number of sulfonamides is 1. The normalized spacial score (nSPS) is 12.0. The summed E-state index contributed by atoms with van der Waals surface area (Å²) in [6.45, 7) is 5.06. The fourth-order valence-electron chi connectivity index (χ4n) is 1.89. The Morgan fingerprint density at radius 3 is 2.28 bits per heavy atom. The molecule has 0 aliphatic heterocycles. The Hall–Kier alpha value is -0.910. The Balaban J connectivity index is 2.93. The summed E-state index contributed by atoms with van der Waals surface area (Å²) < 4.78 is 25.6. The molecule has 0 amide bonds. The van der Waals surface area contributed by atoms with Crippen molar-refractivity contribution in [2.45, 2.75) is 33.4 Å². The van der Waals surface area contributed by atoms with E-state index < -0.39 is 10.0 Å². The van der Waals surface area contributed by atoms with E-state index in [0.29, 0.717) is 26.1 Å². The minimum atomic E-state index is -3.15. The van der Waals surface area contributed by atoms with Crippen LogP contribution in [-0.4, -0.2) is 25.0 Å². The first kappa shape index (κ1) is 15.1. The van der Waals surface area contributed by atoms with Gasteiger partial charge in [0.1, 0.15) is 0 Å². The van der Waals surface area contributed by atoms with Crippen LogP contribution in [0.2, 0.25) is 0 Å². The van der Waals surface area contributed by atoms with E-state index in [-0.39, 0.29) is 5.75 Å². The van der Waals surface area contributed by atoms with E-state index in [1.807, 2.05) is 38.1 Å². The predicted octanol–water partition coefficient (Wildman–Crippen LogP) is 1.71. The first-order valence-corrected chi connectivity index (χ1v) is 7.90. The standard InChI is InChI=1S/C13H22N2O2S/c1-3-9-18(16,17)15(4-2)11-13-8-6-5-7-12(13)10-14/h5-8H,3-4,9-11,14H2,1-2H3. The van der Waals surface area contributed by atoms with Gasteiger partial charge in [-0.25, -0.2) is 8.42 Å². The highest BCUT2D eigenvalue weighted by Crippen LogP contribution is 2.14. The summed E-state index contributed by atoms with van der Waals surface area (Å²) in [5, 5.41) is 0. The molecule has 0 aliphatic rings. The van der Waals surface area contributed by atoms with Crippen molar-refractivity contribution in [2.24, 2.45) is 5.73 Å². The van der Waals surface area contributed by atoms with E-state index in [2.05, 4.69) is 0 Å². The highest BCUT2D eigenvalue weighted by molar-refractivity contribution is 7.89. The van der Waals surface area contributed by atoms with Crippen LogP contribution in [0.1, 0.15) is 31.4 Å². The van der Waals surface area contributed by atoms with Crippen molar-refractivity contribution in [2.75, 3.05) is 12.3 Å². The van der Waals surface area contributed by atoms with Crippen molar-refractivity contribution in [3.05, 3.63) is 35.4 Å². The fourth-order valence-corrected chi connectivity index (χ4v) is 3.40. The molecule has 0 radical (unpaired) electrons. The SMILES string of the molecule is CCCS(=O)(=O)N(CC)Cc1ccccc1CN. The van der Waals surface area contributed by atoms with Crippen LogP contribution in [0.5, 0.6) is 0 Å². The largest absolute Gasteiger partial charge is 0.326 e. The molecule has 4 nitrogen and oxygen atoms in total. The summed E-state index contributed by atoms with van der Waals surface area (Å²) in [6, 6.07) is 7.71. The number of hydrogen-bond donors (Lipinski definition) is 1. The van der Waals surface area contributed by atoms with E-state index >= 15 is 0 Å². The fraction of sp³-hybridized carbons (Fsp3) is 0.538. The maximum Gasteiger partial charge on any atom is 0.214 e. The number of nitrogens with two attached hydrogens (primary N) is 1. The zero-order valence-electron chi connectivity index (χ0n) is 11.1. The van der Waals surface area contributed by atoms with E-state index in [9.17, 15) is 8.42 Å². The predicted molar refractivity (Wildman–Crippen MR) is 74.5 cm³/mol. The van der Waals surface area contributed by atoms with E-state index in [1.165, 1.54) is 4.31 Å². The highest BCUT2D eigenvalue weighted by atomic mass is 32.2. The number of hydrogen-bond acceptors (Lipinski definition) is 3. The summed E-state index contributed by atoms with van der Waals surface area (Å²) in [7, 11) is -3.15. The molecule has 18 heavy (non-hydrogen) atoms. The van der Waals surface area contributed by atoms with Gasteiger partial charge in [0, 0.05) is 19.6 Å². The maximum atomic E-state index is 12.1. The molecule has 0 spiro atoms. The second-order valence-electron chi connectivity index (χ2n) is 4.22. The second kappa shape index (κ2) is 6.87. The van der Waals surface area contributed by atoms with Crippen molar-refractivity contribution in [3.63, 3.8) is 0 Å². The van der Waals surface area contributed by atoms with Crippen LogP contribution in [0.15, 0.2) is 24.3 Å². The molecule has 5 heteroatoms. The molecule has 0 bridgehead atoms. The molecule has 102 valence electrons. The molecule has 0 saturated heterocycles. The van der Waals surface area contributed by atoms with Gasteiger partial charge in [0.05, 0.1) is 5.75 Å². The summed E-state index contributed by atoms with van der Waals surface area (Å²) in [5.74, 6) is 0.200. The average molecular weight is 270 g/mol. The molecule has 1 rings (SSSR count). The van der Waals surface area contributed by atoms with Crippen LogP contribution in [-0.2, 0) is 23.1 Å². The van der Waals surface area contributed by atoms with Crippen molar-refractivity contribution < 1.29 is 8.42 Å².